The van der Waals surface area contributed by atoms with E-state index in [4.69, 9.17) is 27.9 Å². The third kappa shape index (κ3) is 2.98. The molecule has 3 rings (SSSR count). The van der Waals surface area contributed by atoms with E-state index in [0.29, 0.717) is 0 Å². The van der Waals surface area contributed by atoms with Gasteiger partial charge in [0, 0.05) is 6.20 Å². The summed E-state index contributed by atoms with van der Waals surface area (Å²) in [5.74, 6) is -0.0961. The Kier molecular flexibility index (Phi) is 4.97. The molecule has 0 saturated carbocycles. The molecule has 1 aromatic heterocycles. The molecule has 1 aliphatic heterocycles. The fraction of sp³-hybridized carbons (Fsp3) is 0.118. The molecule has 10 heteroatoms. The van der Waals surface area contributed by atoms with Crippen molar-refractivity contribution in [1.29, 1.82) is 0 Å². The number of ether oxygens (including phenoxy) is 1. The van der Waals surface area contributed by atoms with Crippen LogP contribution in [0.4, 0.5) is 10.2 Å². The van der Waals surface area contributed by atoms with Crippen LogP contribution in [0.1, 0.15) is 11.1 Å². The van der Waals surface area contributed by atoms with Crippen LogP contribution in [0, 0.1) is 18.2 Å². The number of pyridine rings is 1. The average molecular weight is 411 g/mol. The van der Waals surface area contributed by atoms with Crippen LogP contribution >= 0.6 is 11.6 Å². The van der Waals surface area contributed by atoms with E-state index < -0.39 is 51.2 Å². The van der Waals surface area contributed by atoms with Gasteiger partial charge < -0.3 is 14.9 Å². The number of rotatable bonds is 4. The Morgan fingerprint density at radius 1 is 1.37 bits per heavy atom. The third-order valence-corrected chi connectivity index (χ3v) is 5.86. The zero-order valence-corrected chi connectivity index (χ0v) is 15.1. The fourth-order valence-corrected chi connectivity index (χ4v) is 4.54. The standard InChI is InChI=1S/C17H12ClFN2O5S/c1-2-8-21-17-10(4-3-7-20-17)14(23)16(27(21,24)25)13-12(19)6-5-11(18)15(13)26-9-22/h1,3-7,22-23H,8-9H2. The number of benzene rings is 1. The van der Waals surface area contributed by atoms with E-state index in [1.807, 2.05) is 0 Å². The monoisotopic (exact) mass is 410 g/mol. The van der Waals surface area contributed by atoms with Crippen LogP contribution in [-0.4, -0.2) is 37.0 Å². The maximum absolute atomic E-state index is 14.6. The first-order chi connectivity index (χ1) is 12.8. The van der Waals surface area contributed by atoms with Crippen molar-refractivity contribution in [3.63, 3.8) is 0 Å². The third-order valence-electron chi connectivity index (χ3n) is 3.77. The van der Waals surface area contributed by atoms with Crippen LogP contribution in [0.2, 0.25) is 5.02 Å². The molecule has 0 spiro atoms. The summed E-state index contributed by atoms with van der Waals surface area (Å²) in [5.41, 5.74) is -0.586. The van der Waals surface area contributed by atoms with Crippen molar-refractivity contribution in [3.05, 3.63) is 52.4 Å². The number of hydrogen-bond donors (Lipinski definition) is 2. The van der Waals surface area contributed by atoms with Gasteiger partial charge in [0.05, 0.1) is 22.7 Å². The van der Waals surface area contributed by atoms with E-state index in [1.54, 1.807) is 0 Å². The van der Waals surface area contributed by atoms with Gasteiger partial charge >= 0.3 is 0 Å². The van der Waals surface area contributed by atoms with Crippen LogP contribution in [0.25, 0.3) is 10.7 Å². The highest BCUT2D eigenvalue weighted by Crippen LogP contribution is 2.46. The zero-order valence-electron chi connectivity index (χ0n) is 13.6. The molecule has 1 aromatic carbocycles. The van der Waals surface area contributed by atoms with E-state index in [-0.39, 0.29) is 16.4 Å². The lowest BCUT2D eigenvalue weighted by atomic mass is 10.1. The second-order valence-corrected chi connectivity index (χ2v) is 7.48. The van der Waals surface area contributed by atoms with Crippen molar-refractivity contribution < 1.29 is 27.8 Å². The fourth-order valence-electron chi connectivity index (χ4n) is 2.69. The van der Waals surface area contributed by atoms with Gasteiger partial charge in [0.25, 0.3) is 10.0 Å². The maximum Gasteiger partial charge on any atom is 0.270 e. The Bertz CT molecular complexity index is 1090. The number of nitrogens with zero attached hydrogens (tertiary/aromatic N) is 2. The van der Waals surface area contributed by atoms with E-state index in [1.165, 1.54) is 18.3 Å². The van der Waals surface area contributed by atoms with Crippen LogP contribution < -0.4 is 9.04 Å². The van der Waals surface area contributed by atoms with Gasteiger partial charge in [0.15, 0.2) is 18.4 Å². The van der Waals surface area contributed by atoms with Crippen molar-refractivity contribution in [2.75, 3.05) is 17.6 Å². The average Bonchev–Trinajstić information content (AvgIpc) is 2.64. The first kappa shape index (κ1) is 19.0. The molecule has 0 amide bonds. The Labute approximate surface area is 159 Å². The normalized spacial score (nSPS) is 15.3. The first-order valence-corrected chi connectivity index (χ1v) is 9.23. The Morgan fingerprint density at radius 3 is 2.78 bits per heavy atom. The Morgan fingerprint density at radius 2 is 2.11 bits per heavy atom. The molecule has 0 fully saturated rings. The number of terminal acetylenes is 1. The molecule has 0 unspecified atom stereocenters. The van der Waals surface area contributed by atoms with Gasteiger partial charge in [-0.3, -0.25) is 0 Å². The molecule has 140 valence electrons. The maximum atomic E-state index is 14.6. The van der Waals surface area contributed by atoms with Gasteiger partial charge in [0.2, 0.25) is 0 Å². The summed E-state index contributed by atoms with van der Waals surface area (Å²) >= 11 is 5.98. The molecule has 0 radical (unpaired) electrons. The van der Waals surface area contributed by atoms with E-state index in [9.17, 15) is 17.9 Å². The molecule has 0 atom stereocenters. The summed E-state index contributed by atoms with van der Waals surface area (Å²) < 4.78 is 46.6. The van der Waals surface area contributed by atoms with Crippen LogP contribution in [0.15, 0.2) is 30.5 Å². The topological polar surface area (TPSA) is 100.0 Å². The molecule has 27 heavy (non-hydrogen) atoms. The number of aliphatic hydroxyl groups is 2. The Hall–Kier alpha value is -2.80. The molecule has 2 aromatic rings. The van der Waals surface area contributed by atoms with Crippen LogP contribution in [-0.2, 0) is 10.0 Å². The van der Waals surface area contributed by atoms with Gasteiger partial charge in [-0.15, -0.1) is 6.42 Å². The number of aliphatic hydroxyl groups excluding tert-OH is 2. The number of halogens is 2. The van der Waals surface area contributed by atoms with Gasteiger partial charge in [0.1, 0.15) is 16.5 Å². The first-order valence-electron chi connectivity index (χ1n) is 7.41. The second kappa shape index (κ2) is 7.08. The molecule has 2 N–H and O–H groups in total. The van der Waals surface area contributed by atoms with Gasteiger partial charge in [-0.1, -0.05) is 17.5 Å². The van der Waals surface area contributed by atoms with Crippen molar-refractivity contribution in [2.24, 2.45) is 0 Å². The summed E-state index contributed by atoms with van der Waals surface area (Å²) in [5, 5.41) is 19.6. The number of hydrogen-bond acceptors (Lipinski definition) is 6. The quantitative estimate of drug-likeness (QED) is 0.593. The number of anilines is 1. The minimum Gasteiger partial charge on any atom is -0.506 e. The van der Waals surface area contributed by atoms with Crippen molar-refractivity contribution in [1.82, 2.24) is 4.98 Å². The summed E-state index contributed by atoms with van der Waals surface area (Å²) in [7, 11) is -4.52. The predicted molar refractivity (Wildman–Crippen MR) is 97.9 cm³/mol. The van der Waals surface area contributed by atoms with Crippen LogP contribution in [0.3, 0.4) is 0 Å². The van der Waals surface area contributed by atoms with Crippen molar-refractivity contribution >= 4 is 38.1 Å². The van der Waals surface area contributed by atoms with Crippen LogP contribution in [0.5, 0.6) is 5.75 Å². The van der Waals surface area contributed by atoms with E-state index in [0.717, 1.165) is 16.4 Å². The molecule has 1 aliphatic rings. The molecule has 0 aliphatic carbocycles. The van der Waals surface area contributed by atoms with Crippen molar-refractivity contribution in [3.8, 4) is 18.1 Å². The van der Waals surface area contributed by atoms with Gasteiger partial charge in [-0.2, -0.15) is 0 Å². The van der Waals surface area contributed by atoms with E-state index >= 15 is 0 Å². The molecule has 0 saturated heterocycles. The minimum atomic E-state index is -4.52. The summed E-state index contributed by atoms with van der Waals surface area (Å²) in [6.07, 6.45) is 6.60. The predicted octanol–water partition coefficient (Wildman–Crippen LogP) is 2.37. The summed E-state index contributed by atoms with van der Waals surface area (Å²) in [6, 6.07) is 4.93. The van der Waals surface area contributed by atoms with E-state index in [2.05, 4.69) is 10.9 Å². The minimum absolute atomic E-state index is 0.0342. The molecule has 2 heterocycles. The van der Waals surface area contributed by atoms with Gasteiger partial charge in [-0.25, -0.2) is 22.1 Å². The smallest absolute Gasteiger partial charge is 0.270 e. The number of aromatic nitrogens is 1. The van der Waals surface area contributed by atoms with Gasteiger partial charge in [-0.05, 0) is 24.3 Å². The highest BCUT2D eigenvalue weighted by atomic mass is 35.5. The molecular formula is C17H12ClFN2O5S. The van der Waals surface area contributed by atoms with Crippen molar-refractivity contribution in [2.45, 2.75) is 0 Å². The highest BCUT2D eigenvalue weighted by molar-refractivity contribution is 8.02. The lowest BCUT2D eigenvalue weighted by Crippen LogP contribution is -2.36. The lowest BCUT2D eigenvalue weighted by Gasteiger charge is -2.30. The number of fused-ring (bicyclic) bond motifs is 1. The second-order valence-electron chi connectivity index (χ2n) is 5.27. The molecule has 7 nitrogen and oxygen atoms in total. The zero-order chi connectivity index (χ0) is 19.8. The molecular weight excluding hydrogens is 399 g/mol. The molecule has 0 bridgehead atoms. The summed E-state index contributed by atoms with van der Waals surface area (Å²) in [6.45, 7) is -1.29. The SMILES string of the molecule is C#CCN1c2ncccc2C(O)=C(c2c(F)ccc(Cl)c2OCO)S1(=O)=O. The summed E-state index contributed by atoms with van der Waals surface area (Å²) in [4.78, 5) is 3.17. The number of sulfonamides is 1. The largest absolute Gasteiger partial charge is 0.506 e. The Balaban J connectivity index is 2.43. The lowest BCUT2D eigenvalue weighted by molar-refractivity contribution is 0.0980. The highest BCUT2D eigenvalue weighted by Gasteiger charge is 2.41.